The van der Waals surface area contributed by atoms with Gasteiger partial charge in [0, 0.05) is 1.43 Å². The van der Waals surface area contributed by atoms with Crippen LogP contribution in [0.5, 0.6) is 0 Å². The van der Waals surface area contributed by atoms with Gasteiger partial charge in [-0.25, -0.2) is 9.59 Å². The van der Waals surface area contributed by atoms with Crippen molar-refractivity contribution in [1.82, 2.24) is 0 Å². The molecule has 0 aliphatic carbocycles. The van der Waals surface area contributed by atoms with E-state index in [-0.39, 0.29) is 1.43 Å². The van der Waals surface area contributed by atoms with Crippen LogP contribution in [-0.2, 0) is 9.59 Å². The predicted octanol–water partition coefficient (Wildman–Crippen LogP) is -0.598. The monoisotopic (exact) mass is 92.0 g/mol. The predicted molar refractivity (Wildman–Crippen MR) is 17.4 cm³/mol. The molecule has 0 aliphatic rings. The minimum atomic E-state index is -1.82. The Balaban J connectivity index is 0. The molecule has 0 aromatic carbocycles. The van der Waals surface area contributed by atoms with Crippen LogP contribution in [0.2, 0.25) is 0 Å². The lowest BCUT2D eigenvalue weighted by molar-refractivity contribution is -0.159. The van der Waals surface area contributed by atoms with Crippen molar-refractivity contribution in [3.63, 3.8) is 0 Å². The Hall–Kier alpha value is -1.06. The van der Waals surface area contributed by atoms with Gasteiger partial charge in [0.25, 0.3) is 0 Å². The lowest BCUT2D eigenvalue weighted by Gasteiger charge is -1.72. The maximum Gasteiger partial charge on any atom is 0.414 e. The molecule has 0 aliphatic heterocycles. The fourth-order valence-corrected chi connectivity index (χ4v) is 0. The summed E-state index contributed by atoms with van der Waals surface area (Å²) >= 11 is 0. The van der Waals surface area contributed by atoms with E-state index in [1.165, 1.54) is 0 Å². The molecule has 0 amide bonds. The summed E-state index contributed by atoms with van der Waals surface area (Å²) in [5.74, 6) is -3.65. The third-order valence-electron chi connectivity index (χ3n) is 0.183. The highest BCUT2D eigenvalue weighted by atomic mass is 16.4. The number of carboxylic acid groups (broad SMARTS) is 2. The number of carboxylic acids is 2. The van der Waals surface area contributed by atoms with Crippen molar-refractivity contribution >= 4 is 11.9 Å². The summed E-state index contributed by atoms with van der Waals surface area (Å²) in [6, 6.07) is 0. The SMILES string of the molecule is O=C(O)C(=O)O.[HH]. The largest absolute Gasteiger partial charge is 0.473 e. The molecule has 0 rings (SSSR count). The summed E-state index contributed by atoms with van der Waals surface area (Å²) in [5, 5.41) is 14.8. The van der Waals surface area contributed by atoms with Crippen LogP contribution in [0, 0.1) is 0 Å². The maximum atomic E-state index is 9.10. The molecule has 2 N–H and O–H groups in total. The Bertz CT molecular complexity index is 75.7. The van der Waals surface area contributed by atoms with Gasteiger partial charge in [-0.15, -0.1) is 0 Å². The van der Waals surface area contributed by atoms with E-state index in [0.717, 1.165) is 0 Å². The van der Waals surface area contributed by atoms with Crippen LogP contribution in [0.4, 0.5) is 0 Å². The third kappa shape index (κ3) is 1.28. The minimum Gasteiger partial charge on any atom is -0.473 e. The van der Waals surface area contributed by atoms with Gasteiger partial charge in [0.2, 0.25) is 0 Å². The van der Waals surface area contributed by atoms with Crippen LogP contribution in [0.15, 0.2) is 0 Å². The first-order valence-electron chi connectivity index (χ1n) is 1.11. The molecule has 4 heteroatoms. The Kier molecular flexibility index (Phi) is 1.15. The van der Waals surface area contributed by atoms with Crippen molar-refractivity contribution in [2.75, 3.05) is 0 Å². The standard InChI is InChI=1S/C2H2O4.H2/c3-1(4)2(5)6;/h(H,3,4)(H,5,6);1H. The minimum absolute atomic E-state index is 0. The number of aliphatic carboxylic acids is 2. The highest BCUT2D eigenvalue weighted by Gasteiger charge is 2.04. The van der Waals surface area contributed by atoms with E-state index in [1.807, 2.05) is 0 Å². The molecular formula is C2H4O4. The molecule has 4 nitrogen and oxygen atoms in total. The second kappa shape index (κ2) is 1.40. The van der Waals surface area contributed by atoms with Crippen molar-refractivity contribution in [3.05, 3.63) is 0 Å². The van der Waals surface area contributed by atoms with Gasteiger partial charge in [0.1, 0.15) is 0 Å². The first-order valence-corrected chi connectivity index (χ1v) is 1.11. The van der Waals surface area contributed by atoms with E-state index >= 15 is 0 Å². The van der Waals surface area contributed by atoms with Gasteiger partial charge < -0.3 is 10.2 Å². The summed E-state index contributed by atoms with van der Waals surface area (Å²) in [5.41, 5.74) is 0. The van der Waals surface area contributed by atoms with Crippen molar-refractivity contribution in [2.24, 2.45) is 0 Å². The van der Waals surface area contributed by atoms with E-state index < -0.39 is 11.9 Å². The summed E-state index contributed by atoms with van der Waals surface area (Å²) in [7, 11) is 0. The molecule has 0 unspecified atom stereocenters. The average molecular weight is 92.0 g/mol. The smallest absolute Gasteiger partial charge is 0.414 e. The highest BCUT2D eigenvalue weighted by Crippen LogP contribution is 1.56. The van der Waals surface area contributed by atoms with Crippen molar-refractivity contribution < 1.29 is 21.2 Å². The molecule has 0 aromatic heterocycles. The molecule has 0 bridgehead atoms. The lowest BCUT2D eigenvalue weighted by Crippen LogP contribution is -2.09. The normalized spacial score (nSPS) is 7.33. The van der Waals surface area contributed by atoms with Crippen LogP contribution < -0.4 is 0 Å². The van der Waals surface area contributed by atoms with Crippen molar-refractivity contribution in [3.8, 4) is 0 Å². The first kappa shape index (κ1) is 4.94. The molecular weight excluding hydrogens is 88.0 g/mol. The Labute approximate surface area is 34.5 Å². The topological polar surface area (TPSA) is 74.6 Å². The first-order chi connectivity index (χ1) is 2.64. The van der Waals surface area contributed by atoms with E-state index in [9.17, 15) is 0 Å². The number of hydrogen-bond acceptors (Lipinski definition) is 2. The van der Waals surface area contributed by atoms with Crippen LogP contribution >= 0.6 is 0 Å². The van der Waals surface area contributed by atoms with E-state index in [2.05, 4.69) is 0 Å². The fraction of sp³-hybridized carbons (Fsp3) is 0. The molecule has 6 heavy (non-hydrogen) atoms. The Morgan fingerprint density at radius 1 is 1.17 bits per heavy atom. The molecule has 0 saturated carbocycles. The summed E-state index contributed by atoms with van der Waals surface area (Å²) in [6.07, 6.45) is 0. The van der Waals surface area contributed by atoms with Gasteiger partial charge in [-0.2, -0.15) is 0 Å². The molecule has 0 spiro atoms. The van der Waals surface area contributed by atoms with Gasteiger partial charge in [0.05, 0.1) is 0 Å². The second-order valence-electron chi connectivity index (χ2n) is 0.610. The van der Waals surface area contributed by atoms with Crippen molar-refractivity contribution in [1.29, 1.82) is 0 Å². The quantitative estimate of drug-likeness (QED) is 0.391. The van der Waals surface area contributed by atoms with Crippen LogP contribution in [0.25, 0.3) is 0 Å². The van der Waals surface area contributed by atoms with Crippen LogP contribution in [0.3, 0.4) is 0 Å². The van der Waals surface area contributed by atoms with Crippen LogP contribution in [-0.4, -0.2) is 22.2 Å². The Morgan fingerprint density at radius 3 is 1.33 bits per heavy atom. The van der Waals surface area contributed by atoms with Gasteiger partial charge in [0.15, 0.2) is 0 Å². The van der Waals surface area contributed by atoms with Crippen LogP contribution in [0.1, 0.15) is 1.43 Å². The number of carbonyl (C=O) groups is 2. The molecule has 36 valence electrons. The average Bonchev–Trinajstić information content (AvgIpc) is 1.36. The fourth-order valence-electron chi connectivity index (χ4n) is 0. The van der Waals surface area contributed by atoms with Gasteiger partial charge in [-0.05, 0) is 0 Å². The number of hydrogen-bond donors (Lipinski definition) is 2. The van der Waals surface area contributed by atoms with E-state index in [4.69, 9.17) is 19.8 Å². The summed E-state index contributed by atoms with van der Waals surface area (Å²) in [6.45, 7) is 0. The zero-order valence-electron chi connectivity index (χ0n) is 2.71. The second-order valence-corrected chi connectivity index (χ2v) is 0.610. The van der Waals surface area contributed by atoms with Gasteiger partial charge in [-0.3, -0.25) is 0 Å². The molecule has 0 saturated heterocycles. The van der Waals surface area contributed by atoms with Crippen molar-refractivity contribution in [2.45, 2.75) is 0 Å². The molecule has 0 fully saturated rings. The summed E-state index contributed by atoms with van der Waals surface area (Å²) < 4.78 is 0. The van der Waals surface area contributed by atoms with Gasteiger partial charge in [-0.1, -0.05) is 0 Å². The third-order valence-corrected chi connectivity index (χ3v) is 0.183. The molecule has 0 aromatic rings. The molecule has 0 radical (unpaired) electrons. The molecule has 0 heterocycles. The Morgan fingerprint density at radius 2 is 1.33 bits per heavy atom. The zero-order chi connectivity index (χ0) is 5.15. The molecule has 0 atom stereocenters. The zero-order valence-corrected chi connectivity index (χ0v) is 2.71. The van der Waals surface area contributed by atoms with E-state index in [0.29, 0.717) is 0 Å². The summed E-state index contributed by atoms with van der Waals surface area (Å²) in [4.78, 5) is 18.2. The lowest BCUT2D eigenvalue weighted by atomic mass is 10.7. The number of rotatable bonds is 0. The maximum absolute atomic E-state index is 9.10. The highest BCUT2D eigenvalue weighted by molar-refractivity contribution is 6.27. The van der Waals surface area contributed by atoms with Gasteiger partial charge >= 0.3 is 11.9 Å². The van der Waals surface area contributed by atoms with E-state index in [1.54, 1.807) is 0 Å².